The van der Waals surface area contributed by atoms with E-state index in [1.165, 1.54) is 15.3 Å². The molecule has 1 saturated heterocycles. The van der Waals surface area contributed by atoms with Crippen molar-refractivity contribution in [3.63, 3.8) is 0 Å². The third-order valence-corrected chi connectivity index (χ3v) is 4.98. The van der Waals surface area contributed by atoms with Gasteiger partial charge in [-0.15, -0.1) is 11.3 Å². The number of likely N-dealkylation sites (tertiary alicyclic amines) is 1. The normalized spacial score (nSPS) is 19.1. The largest absolute Gasteiger partial charge is 0.369 e. The molecule has 1 aliphatic heterocycles. The number of nitrogens with two attached hydrogens (primary N) is 1. The first kappa shape index (κ1) is 15.5. The van der Waals surface area contributed by atoms with Crippen LogP contribution in [0.15, 0.2) is 6.07 Å². The van der Waals surface area contributed by atoms with Crippen LogP contribution in [0.1, 0.15) is 41.1 Å². The van der Waals surface area contributed by atoms with Gasteiger partial charge in [0, 0.05) is 34.9 Å². The summed E-state index contributed by atoms with van der Waals surface area (Å²) in [6.07, 6.45) is 2.17. The number of nitrogens with zero attached hydrogens (tertiary/aromatic N) is 1. The predicted molar refractivity (Wildman–Crippen MR) is 84.0 cm³/mol. The SMILES string of the molecule is Cc1cc(C(C)NC2CCN(CC(N)=O)CC2)c(C)s1. The average molecular weight is 295 g/mol. The van der Waals surface area contributed by atoms with E-state index in [1.54, 1.807) is 0 Å². The van der Waals surface area contributed by atoms with Gasteiger partial charge in [0.05, 0.1) is 6.54 Å². The van der Waals surface area contributed by atoms with Gasteiger partial charge in [0.15, 0.2) is 0 Å². The second kappa shape index (κ2) is 6.70. The smallest absolute Gasteiger partial charge is 0.231 e. The number of rotatable bonds is 5. The van der Waals surface area contributed by atoms with E-state index >= 15 is 0 Å². The van der Waals surface area contributed by atoms with E-state index in [1.807, 2.05) is 11.3 Å². The lowest BCUT2D eigenvalue weighted by Gasteiger charge is -2.33. The Morgan fingerprint density at radius 3 is 2.65 bits per heavy atom. The van der Waals surface area contributed by atoms with Crippen molar-refractivity contribution in [1.82, 2.24) is 10.2 Å². The maximum atomic E-state index is 10.9. The van der Waals surface area contributed by atoms with Crippen molar-refractivity contribution in [1.29, 1.82) is 0 Å². The topological polar surface area (TPSA) is 58.4 Å². The molecule has 2 heterocycles. The number of amides is 1. The molecular weight excluding hydrogens is 270 g/mol. The summed E-state index contributed by atoms with van der Waals surface area (Å²) >= 11 is 1.87. The second-order valence-corrected chi connectivity index (χ2v) is 7.23. The number of primary amides is 1. The number of hydrogen-bond donors (Lipinski definition) is 2. The first-order valence-corrected chi connectivity index (χ1v) is 8.11. The first-order valence-electron chi connectivity index (χ1n) is 7.29. The molecule has 0 bridgehead atoms. The zero-order valence-electron chi connectivity index (χ0n) is 12.6. The fourth-order valence-corrected chi connectivity index (χ4v) is 4.02. The molecule has 1 aliphatic rings. The Morgan fingerprint density at radius 2 is 2.15 bits per heavy atom. The van der Waals surface area contributed by atoms with Crippen molar-refractivity contribution in [3.8, 4) is 0 Å². The van der Waals surface area contributed by atoms with Crippen LogP contribution in [0.5, 0.6) is 0 Å². The number of carbonyl (C=O) groups excluding carboxylic acids is 1. The van der Waals surface area contributed by atoms with E-state index < -0.39 is 0 Å². The van der Waals surface area contributed by atoms with Crippen LogP contribution in [-0.4, -0.2) is 36.5 Å². The zero-order chi connectivity index (χ0) is 14.7. The summed E-state index contributed by atoms with van der Waals surface area (Å²) in [7, 11) is 0. The highest BCUT2D eigenvalue weighted by atomic mass is 32.1. The van der Waals surface area contributed by atoms with Crippen LogP contribution in [0.4, 0.5) is 0 Å². The number of piperidine rings is 1. The van der Waals surface area contributed by atoms with Gasteiger partial charge in [0.25, 0.3) is 0 Å². The summed E-state index contributed by atoms with van der Waals surface area (Å²) in [5, 5.41) is 3.73. The Kier molecular flexibility index (Phi) is 5.18. The standard InChI is InChI=1S/C15H25N3OS/c1-10-8-14(12(3)20-10)11(2)17-13-4-6-18(7-5-13)9-15(16)19/h8,11,13,17H,4-7,9H2,1-3H3,(H2,16,19). The van der Waals surface area contributed by atoms with Crippen LogP contribution >= 0.6 is 11.3 Å². The van der Waals surface area contributed by atoms with Gasteiger partial charge in [-0.05, 0) is 45.2 Å². The molecule has 1 aromatic rings. The summed E-state index contributed by atoms with van der Waals surface area (Å²) in [5.41, 5.74) is 6.66. The summed E-state index contributed by atoms with van der Waals surface area (Å²) < 4.78 is 0. The van der Waals surface area contributed by atoms with Gasteiger partial charge < -0.3 is 11.1 Å². The molecule has 1 amide bonds. The Labute approximate surface area is 125 Å². The number of nitrogens with one attached hydrogen (secondary N) is 1. The molecule has 3 N–H and O–H groups in total. The van der Waals surface area contributed by atoms with Crippen molar-refractivity contribution in [3.05, 3.63) is 21.4 Å². The third-order valence-electron chi connectivity index (χ3n) is 4.00. The lowest BCUT2D eigenvalue weighted by Crippen LogP contribution is -2.45. The predicted octanol–water partition coefficient (Wildman–Crippen LogP) is 1.97. The maximum absolute atomic E-state index is 10.9. The molecule has 0 radical (unpaired) electrons. The zero-order valence-corrected chi connectivity index (χ0v) is 13.4. The Morgan fingerprint density at radius 1 is 1.50 bits per heavy atom. The lowest BCUT2D eigenvalue weighted by molar-refractivity contribution is -0.119. The minimum atomic E-state index is -0.228. The molecule has 1 atom stereocenters. The molecule has 0 aromatic carbocycles. The van der Waals surface area contributed by atoms with Gasteiger partial charge in [0.1, 0.15) is 0 Å². The highest BCUT2D eigenvalue weighted by molar-refractivity contribution is 7.12. The van der Waals surface area contributed by atoms with Gasteiger partial charge in [-0.1, -0.05) is 0 Å². The summed E-state index contributed by atoms with van der Waals surface area (Å²) in [6, 6.07) is 3.22. The third kappa shape index (κ3) is 4.04. The number of hydrogen-bond acceptors (Lipinski definition) is 4. The molecule has 20 heavy (non-hydrogen) atoms. The van der Waals surface area contributed by atoms with Crippen molar-refractivity contribution in [2.75, 3.05) is 19.6 Å². The molecule has 1 fully saturated rings. The Hall–Kier alpha value is -0.910. The molecule has 0 spiro atoms. The molecular formula is C15H25N3OS. The van der Waals surface area contributed by atoms with Crippen molar-refractivity contribution >= 4 is 17.2 Å². The van der Waals surface area contributed by atoms with Crippen LogP contribution in [0.2, 0.25) is 0 Å². The molecule has 4 nitrogen and oxygen atoms in total. The van der Waals surface area contributed by atoms with E-state index in [9.17, 15) is 4.79 Å². The quantitative estimate of drug-likeness (QED) is 0.873. The molecule has 5 heteroatoms. The molecule has 0 aliphatic carbocycles. The summed E-state index contributed by atoms with van der Waals surface area (Å²) in [6.45, 7) is 8.90. The van der Waals surface area contributed by atoms with Gasteiger partial charge in [0.2, 0.25) is 5.91 Å². The first-order chi connectivity index (χ1) is 9.45. The van der Waals surface area contributed by atoms with Crippen molar-refractivity contribution < 1.29 is 4.79 Å². The molecule has 112 valence electrons. The van der Waals surface area contributed by atoms with E-state index in [0.717, 1.165) is 25.9 Å². The van der Waals surface area contributed by atoms with Crippen LogP contribution in [0.25, 0.3) is 0 Å². The van der Waals surface area contributed by atoms with Gasteiger partial charge >= 0.3 is 0 Å². The average Bonchev–Trinajstić information content (AvgIpc) is 2.70. The van der Waals surface area contributed by atoms with E-state index in [2.05, 4.69) is 37.1 Å². The van der Waals surface area contributed by atoms with Crippen molar-refractivity contribution in [2.45, 2.75) is 45.7 Å². The maximum Gasteiger partial charge on any atom is 0.231 e. The molecule has 2 rings (SSSR count). The minimum Gasteiger partial charge on any atom is -0.369 e. The summed E-state index contributed by atoms with van der Waals surface area (Å²) in [4.78, 5) is 15.8. The van der Waals surface area contributed by atoms with E-state index in [4.69, 9.17) is 5.73 Å². The second-order valence-electron chi connectivity index (χ2n) is 5.77. The van der Waals surface area contributed by atoms with Gasteiger partial charge in [-0.25, -0.2) is 0 Å². The Balaban J connectivity index is 1.83. The highest BCUT2D eigenvalue weighted by Crippen LogP contribution is 2.27. The lowest BCUT2D eigenvalue weighted by atomic mass is 10.0. The van der Waals surface area contributed by atoms with Crippen LogP contribution in [0.3, 0.4) is 0 Å². The molecule has 1 aromatic heterocycles. The Bertz CT molecular complexity index is 464. The van der Waals surface area contributed by atoms with E-state index in [0.29, 0.717) is 18.6 Å². The minimum absolute atomic E-state index is 0.228. The number of thiophene rings is 1. The number of carbonyl (C=O) groups is 1. The highest BCUT2D eigenvalue weighted by Gasteiger charge is 2.22. The molecule has 0 saturated carbocycles. The fourth-order valence-electron chi connectivity index (χ4n) is 3.00. The van der Waals surface area contributed by atoms with Crippen LogP contribution < -0.4 is 11.1 Å². The van der Waals surface area contributed by atoms with Crippen LogP contribution in [-0.2, 0) is 4.79 Å². The molecule has 1 unspecified atom stereocenters. The summed E-state index contributed by atoms with van der Waals surface area (Å²) in [5.74, 6) is -0.228. The van der Waals surface area contributed by atoms with Crippen LogP contribution in [0, 0.1) is 13.8 Å². The monoisotopic (exact) mass is 295 g/mol. The fraction of sp³-hybridized carbons (Fsp3) is 0.667. The van der Waals surface area contributed by atoms with Crippen molar-refractivity contribution in [2.24, 2.45) is 5.73 Å². The van der Waals surface area contributed by atoms with Gasteiger partial charge in [-0.2, -0.15) is 0 Å². The van der Waals surface area contributed by atoms with Gasteiger partial charge in [-0.3, -0.25) is 9.69 Å². The van der Waals surface area contributed by atoms with E-state index in [-0.39, 0.29) is 5.91 Å². The number of aryl methyl sites for hydroxylation is 2.